The van der Waals surface area contributed by atoms with E-state index in [2.05, 4.69) is 0 Å². The Bertz CT molecular complexity index is 701. The molecule has 2 aromatic carbocycles. The van der Waals surface area contributed by atoms with Crippen LogP contribution in [-0.2, 0) is 11.2 Å². The molecule has 0 aliphatic rings. The van der Waals surface area contributed by atoms with E-state index in [0.29, 0.717) is 21.9 Å². The Labute approximate surface area is 137 Å². The fourth-order valence-corrected chi connectivity index (χ4v) is 2.60. The highest BCUT2D eigenvalue weighted by atomic mass is 35.5. The lowest BCUT2D eigenvalue weighted by atomic mass is 9.91. The molecule has 2 aromatic rings. The lowest BCUT2D eigenvalue weighted by Crippen LogP contribution is -2.15. The highest BCUT2D eigenvalue weighted by Gasteiger charge is 2.24. The minimum absolute atomic E-state index is 0.0439. The number of ether oxygens (including phenoxy) is 1. The summed E-state index contributed by atoms with van der Waals surface area (Å²) in [4.78, 5) is 11.7. The molecule has 4 nitrogen and oxygen atoms in total. The minimum atomic E-state index is -0.996. The smallest absolute Gasteiger partial charge is 0.311 e. The number of aromatic hydroxyl groups is 1. The molecule has 6 heteroatoms. The zero-order valence-corrected chi connectivity index (χ0v) is 13.2. The van der Waals surface area contributed by atoms with Crippen molar-refractivity contribution in [2.24, 2.45) is 0 Å². The molecule has 0 radical (unpaired) electrons. The molecule has 0 heterocycles. The summed E-state index contributed by atoms with van der Waals surface area (Å²) >= 11 is 11.8. The Morgan fingerprint density at radius 2 is 1.95 bits per heavy atom. The largest absolute Gasteiger partial charge is 0.506 e. The van der Waals surface area contributed by atoms with Gasteiger partial charge in [0.2, 0.25) is 0 Å². The summed E-state index contributed by atoms with van der Waals surface area (Å²) in [5.74, 6) is -1.42. The van der Waals surface area contributed by atoms with Crippen molar-refractivity contribution in [2.75, 3.05) is 7.11 Å². The standard InChI is InChI=1S/C16H14Cl2O4/c1-22-15-5-3-10(17)8-11(15)12(16(20)21)6-9-2-4-14(19)13(18)7-9/h2-5,7-8,12,19H,6H2,1H3,(H,20,21). The number of benzene rings is 2. The van der Waals surface area contributed by atoms with Crippen molar-refractivity contribution in [3.05, 3.63) is 57.6 Å². The molecule has 0 amide bonds. The van der Waals surface area contributed by atoms with Gasteiger partial charge in [-0.1, -0.05) is 29.3 Å². The summed E-state index contributed by atoms with van der Waals surface area (Å²) in [7, 11) is 1.48. The molecule has 116 valence electrons. The Morgan fingerprint density at radius 3 is 2.55 bits per heavy atom. The molecule has 2 N–H and O–H groups in total. The molecule has 2 rings (SSSR count). The van der Waals surface area contributed by atoms with E-state index in [9.17, 15) is 15.0 Å². The second kappa shape index (κ2) is 6.90. The lowest BCUT2D eigenvalue weighted by Gasteiger charge is -2.17. The molecule has 0 spiro atoms. The zero-order valence-electron chi connectivity index (χ0n) is 11.7. The molecule has 0 aliphatic heterocycles. The number of carboxylic acid groups (broad SMARTS) is 1. The van der Waals surface area contributed by atoms with E-state index >= 15 is 0 Å². The highest BCUT2D eigenvalue weighted by Crippen LogP contribution is 2.33. The van der Waals surface area contributed by atoms with E-state index in [4.69, 9.17) is 27.9 Å². The van der Waals surface area contributed by atoms with Crippen LogP contribution in [0.1, 0.15) is 17.0 Å². The first-order valence-corrected chi connectivity index (χ1v) is 7.21. The van der Waals surface area contributed by atoms with Crippen molar-refractivity contribution >= 4 is 29.2 Å². The maximum Gasteiger partial charge on any atom is 0.311 e. The number of hydrogen-bond donors (Lipinski definition) is 2. The maximum absolute atomic E-state index is 11.7. The lowest BCUT2D eigenvalue weighted by molar-refractivity contribution is -0.138. The normalized spacial score (nSPS) is 12.0. The Kier molecular flexibility index (Phi) is 5.16. The van der Waals surface area contributed by atoms with Gasteiger partial charge in [0.15, 0.2) is 0 Å². The third-order valence-corrected chi connectivity index (χ3v) is 3.86. The summed E-state index contributed by atoms with van der Waals surface area (Å²) in [5, 5.41) is 19.6. The first kappa shape index (κ1) is 16.5. The van der Waals surface area contributed by atoms with Crippen molar-refractivity contribution in [3.63, 3.8) is 0 Å². The van der Waals surface area contributed by atoms with Crippen LogP contribution in [0.4, 0.5) is 0 Å². The van der Waals surface area contributed by atoms with E-state index in [1.165, 1.54) is 13.2 Å². The van der Waals surface area contributed by atoms with Crippen molar-refractivity contribution < 1.29 is 19.7 Å². The summed E-state index contributed by atoms with van der Waals surface area (Å²) in [6.07, 6.45) is 0.200. The van der Waals surface area contributed by atoms with Gasteiger partial charge in [-0.25, -0.2) is 0 Å². The van der Waals surface area contributed by atoms with Crippen LogP contribution in [0.25, 0.3) is 0 Å². The third-order valence-electron chi connectivity index (χ3n) is 3.32. The molecule has 0 saturated heterocycles. The number of methoxy groups -OCH3 is 1. The van der Waals surface area contributed by atoms with Crippen molar-refractivity contribution in [2.45, 2.75) is 12.3 Å². The molecule has 0 aromatic heterocycles. The van der Waals surface area contributed by atoms with Gasteiger partial charge >= 0.3 is 5.97 Å². The number of halogens is 2. The van der Waals surface area contributed by atoms with Gasteiger partial charge in [0.1, 0.15) is 11.5 Å². The average molecular weight is 341 g/mol. The van der Waals surface area contributed by atoms with Crippen LogP contribution in [-0.4, -0.2) is 23.3 Å². The van der Waals surface area contributed by atoms with Crippen LogP contribution in [0.5, 0.6) is 11.5 Å². The highest BCUT2D eigenvalue weighted by molar-refractivity contribution is 6.32. The SMILES string of the molecule is COc1ccc(Cl)cc1C(Cc1ccc(O)c(Cl)c1)C(=O)O. The van der Waals surface area contributed by atoms with Gasteiger partial charge in [-0.3, -0.25) is 4.79 Å². The second-order valence-corrected chi connectivity index (χ2v) is 5.61. The van der Waals surface area contributed by atoms with Crippen molar-refractivity contribution in [1.82, 2.24) is 0 Å². The zero-order chi connectivity index (χ0) is 16.3. The van der Waals surface area contributed by atoms with E-state index in [1.54, 1.807) is 30.3 Å². The Balaban J connectivity index is 2.40. The molecule has 22 heavy (non-hydrogen) atoms. The first-order chi connectivity index (χ1) is 10.4. The topological polar surface area (TPSA) is 66.8 Å². The Morgan fingerprint density at radius 1 is 1.23 bits per heavy atom. The van der Waals surface area contributed by atoms with E-state index in [-0.39, 0.29) is 17.2 Å². The van der Waals surface area contributed by atoms with Crippen LogP contribution >= 0.6 is 23.2 Å². The van der Waals surface area contributed by atoms with Gasteiger partial charge in [-0.05, 0) is 42.3 Å². The van der Waals surface area contributed by atoms with Crippen LogP contribution in [0.3, 0.4) is 0 Å². The van der Waals surface area contributed by atoms with Gasteiger partial charge < -0.3 is 14.9 Å². The number of carbonyl (C=O) groups is 1. The van der Waals surface area contributed by atoms with Crippen LogP contribution in [0.2, 0.25) is 10.0 Å². The maximum atomic E-state index is 11.7. The molecule has 0 saturated carbocycles. The van der Waals surface area contributed by atoms with Crippen LogP contribution < -0.4 is 4.74 Å². The number of phenolic OH excluding ortho intramolecular Hbond substituents is 1. The van der Waals surface area contributed by atoms with Crippen LogP contribution in [0, 0.1) is 0 Å². The molecule has 0 bridgehead atoms. The van der Waals surface area contributed by atoms with Gasteiger partial charge in [0.25, 0.3) is 0 Å². The van der Waals surface area contributed by atoms with Crippen molar-refractivity contribution in [3.8, 4) is 11.5 Å². The Hall–Kier alpha value is -1.91. The van der Waals surface area contributed by atoms with Crippen molar-refractivity contribution in [1.29, 1.82) is 0 Å². The number of aliphatic carboxylic acids is 1. The molecular formula is C16H14Cl2O4. The predicted octanol–water partition coefficient (Wildman–Crippen LogP) is 4.12. The van der Waals surface area contributed by atoms with Gasteiger partial charge in [0, 0.05) is 10.6 Å². The van der Waals surface area contributed by atoms with E-state index in [0.717, 1.165) is 0 Å². The molecule has 0 fully saturated rings. The summed E-state index contributed by atoms with van der Waals surface area (Å²) < 4.78 is 5.22. The minimum Gasteiger partial charge on any atom is -0.506 e. The third kappa shape index (κ3) is 3.64. The number of hydrogen-bond acceptors (Lipinski definition) is 3. The molecular weight excluding hydrogens is 327 g/mol. The second-order valence-electron chi connectivity index (χ2n) is 4.77. The van der Waals surface area contributed by atoms with E-state index < -0.39 is 11.9 Å². The number of carboxylic acids is 1. The van der Waals surface area contributed by atoms with Gasteiger partial charge in [-0.15, -0.1) is 0 Å². The number of phenols is 1. The van der Waals surface area contributed by atoms with Crippen LogP contribution in [0.15, 0.2) is 36.4 Å². The predicted molar refractivity (Wildman–Crippen MR) is 85.2 cm³/mol. The molecule has 1 atom stereocenters. The first-order valence-electron chi connectivity index (χ1n) is 6.46. The fourth-order valence-electron chi connectivity index (χ4n) is 2.22. The molecule has 1 unspecified atom stereocenters. The average Bonchev–Trinajstić information content (AvgIpc) is 2.48. The van der Waals surface area contributed by atoms with Gasteiger partial charge in [-0.2, -0.15) is 0 Å². The summed E-state index contributed by atoms with van der Waals surface area (Å²) in [6.45, 7) is 0. The van der Waals surface area contributed by atoms with E-state index in [1.807, 2.05) is 0 Å². The summed E-state index contributed by atoms with van der Waals surface area (Å²) in [5.41, 5.74) is 1.18. The molecule has 0 aliphatic carbocycles. The van der Waals surface area contributed by atoms with Gasteiger partial charge in [0.05, 0.1) is 18.1 Å². The quantitative estimate of drug-likeness (QED) is 0.859. The monoisotopic (exact) mass is 340 g/mol. The fraction of sp³-hybridized carbons (Fsp3) is 0.188. The summed E-state index contributed by atoms with van der Waals surface area (Å²) in [6, 6.07) is 9.47. The number of rotatable bonds is 5.